The van der Waals surface area contributed by atoms with E-state index in [4.69, 9.17) is 0 Å². The van der Waals surface area contributed by atoms with E-state index >= 15 is 0 Å². The first-order valence-electron chi connectivity index (χ1n) is 6.80. The van der Waals surface area contributed by atoms with Crippen LogP contribution in [0, 0.1) is 0 Å². The molecule has 20 heavy (non-hydrogen) atoms. The normalized spacial score (nSPS) is 12.0. The lowest BCUT2D eigenvalue weighted by Crippen LogP contribution is -1.82. The maximum Gasteiger partial charge on any atom is 0.0607 e. The molecule has 0 aliphatic rings. The maximum absolute atomic E-state index is 3.36. The predicted octanol–water partition coefficient (Wildman–Crippen LogP) is 4.73. The number of hydrogen-bond acceptors (Lipinski definition) is 0. The van der Waals surface area contributed by atoms with Gasteiger partial charge in [0.05, 0.1) is 11.0 Å². The maximum atomic E-state index is 3.36. The molecule has 94 valence electrons. The van der Waals surface area contributed by atoms with Gasteiger partial charge < -0.3 is 9.38 Å². The fourth-order valence-electron chi connectivity index (χ4n) is 3.25. The van der Waals surface area contributed by atoms with Crippen molar-refractivity contribution in [2.75, 3.05) is 0 Å². The molecule has 0 amide bonds. The van der Waals surface area contributed by atoms with Crippen LogP contribution in [0.15, 0.2) is 67.1 Å². The Hall–Kier alpha value is -2.74. The third-order valence-electron chi connectivity index (χ3n) is 4.18. The van der Waals surface area contributed by atoms with E-state index in [0.717, 1.165) is 0 Å². The van der Waals surface area contributed by atoms with Crippen molar-refractivity contribution in [3.8, 4) is 0 Å². The molecule has 0 aliphatic carbocycles. The predicted molar refractivity (Wildman–Crippen MR) is 84.3 cm³/mol. The summed E-state index contributed by atoms with van der Waals surface area (Å²) in [5.74, 6) is 0. The summed E-state index contributed by atoms with van der Waals surface area (Å²) in [6, 6.07) is 17.3. The second-order valence-electron chi connectivity index (χ2n) is 5.26. The monoisotopic (exact) mass is 256 g/mol. The van der Waals surface area contributed by atoms with Gasteiger partial charge in [-0.2, -0.15) is 0 Å². The smallest absolute Gasteiger partial charge is 0.0607 e. The Morgan fingerprint density at radius 2 is 1.70 bits per heavy atom. The third kappa shape index (κ3) is 1.14. The quantitative estimate of drug-likeness (QED) is 0.413. The topological polar surface area (TPSA) is 20.2 Å². The van der Waals surface area contributed by atoms with E-state index in [-0.39, 0.29) is 0 Å². The van der Waals surface area contributed by atoms with Crippen LogP contribution in [0.25, 0.3) is 38.0 Å². The Morgan fingerprint density at radius 1 is 0.750 bits per heavy atom. The summed E-state index contributed by atoms with van der Waals surface area (Å²) in [6.45, 7) is 0. The van der Waals surface area contributed by atoms with Crippen molar-refractivity contribution in [2.24, 2.45) is 0 Å². The number of benzene rings is 2. The molecular weight excluding hydrogens is 244 g/mol. The zero-order chi connectivity index (χ0) is 13.1. The Balaban J connectivity index is 2.14. The molecule has 0 saturated heterocycles. The average molecular weight is 256 g/mol. The van der Waals surface area contributed by atoms with Crippen molar-refractivity contribution in [3.05, 3.63) is 67.1 Å². The van der Waals surface area contributed by atoms with Gasteiger partial charge in [-0.1, -0.05) is 36.4 Å². The molecule has 2 nitrogen and oxygen atoms in total. The number of H-pyrrole nitrogens is 1. The van der Waals surface area contributed by atoms with Crippen LogP contribution in [0.5, 0.6) is 0 Å². The molecule has 2 aromatic carbocycles. The van der Waals surface area contributed by atoms with Crippen LogP contribution in [-0.4, -0.2) is 9.38 Å². The Kier molecular flexibility index (Phi) is 1.73. The molecule has 0 atom stereocenters. The van der Waals surface area contributed by atoms with Crippen LogP contribution < -0.4 is 0 Å². The first-order chi connectivity index (χ1) is 9.92. The standard InChI is InChI=1S/C18H12N2/c1-2-4-14-12(3-1)8-10-20-11-16-15(18(14)20)6-5-13-7-9-19-17(13)16/h1-11,19H. The molecule has 0 aliphatic heterocycles. The second kappa shape index (κ2) is 3.42. The number of fused-ring (bicyclic) bond motifs is 7. The molecule has 5 aromatic rings. The van der Waals surface area contributed by atoms with Crippen molar-refractivity contribution < 1.29 is 0 Å². The molecule has 0 radical (unpaired) electrons. The summed E-state index contributed by atoms with van der Waals surface area (Å²) < 4.78 is 2.23. The van der Waals surface area contributed by atoms with Gasteiger partial charge in [-0.05, 0) is 17.5 Å². The van der Waals surface area contributed by atoms with Gasteiger partial charge in [0.25, 0.3) is 0 Å². The molecule has 0 saturated carbocycles. The van der Waals surface area contributed by atoms with Crippen molar-refractivity contribution >= 4 is 38.0 Å². The number of rotatable bonds is 0. The molecule has 0 unspecified atom stereocenters. The highest BCUT2D eigenvalue weighted by Crippen LogP contribution is 2.32. The fraction of sp³-hybridized carbons (Fsp3) is 0. The van der Waals surface area contributed by atoms with Crippen molar-refractivity contribution in [2.45, 2.75) is 0 Å². The van der Waals surface area contributed by atoms with Crippen LogP contribution in [0.1, 0.15) is 0 Å². The van der Waals surface area contributed by atoms with E-state index in [2.05, 4.69) is 70.3 Å². The first kappa shape index (κ1) is 10.1. The molecule has 0 bridgehead atoms. The fourth-order valence-corrected chi connectivity index (χ4v) is 3.25. The zero-order valence-electron chi connectivity index (χ0n) is 10.8. The van der Waals surface area contributed by atoms with Crippen LogP contribution >= 0.6 is 0 Å². The number of nitrogens with zero attached hydrogens (tertiary/aromatic N) is 1. The van der Waals surface area contributed by atoms with Crippen LogP contribution in [-0.2, 0) is 0 Å². The van der Waals surface area contributed by atoms with E-state index in [0.29, 0.717) is 0 Å². The Bertz CT molecular complexity index is 1100. The van der Waals surface area contributed by atoms with E-state index in [1.807, 2.05) is 6.20 Å². The van der Waals surface area contributed by atoms with Crippen molar-refractivity contribution in [1.82, 2.24) is 9.38 Å². The minimum Gasteiger partial charge on any atom is -0.361 e. The molecular formula is C18H12N2. The highest BCUT2D eigenvalue weighted by molar-refractivity contribution is 6.17. The number of aromatic nitrogens is 2. The van der Waals surface area contributed by atoms with Crippen LogP contribution in [0.4, 0.5) is 0 Å². The van der Waals surface area contributed by atoms with Crippen molar-refractivity contribution in [3.63, 3.8) is 0 Å². The van der Waals surface area contributed by atoms with Gasteiger partial charge in [0, 0.05) is 40.1 Å². The van der Waals surface area contributed by atoms with Gasteiger partial charge in [0.1, 0.15) is 0 Å². The molecule has 2 heteroatoms. The largest absolute Gasteiger partial charge is 0.361 e. The highest BCUT2D eigenvalue weighted by Gasteiger charge is 2.09. The highest BCUT2D eigenvalue weighted by atomic mass is 14.9. The Labute approximate surface area is 115 Å². The number of nitrogens with one attached hydrogen (secondary N) is 1. The number of pyridine rings is 1. The van der Waals surface area contributed by atoms with Gasteiger partial charge in [-0.3, -0.25) is 0 Å². The number of hydrogen-bond donors (Lipinski definition) is 1. The van der Waals surface area contributed by atoms with Crippen LogP contribution in [0.3, 0.4) is 0 Å². The molecule has 0 fully saturated rings. The summed E-state index contributed by atoms with van der Waals surface area (Å²) in [4.78, 5) is 3.36. The molecule has 5 rings (SSSR count). The third-order valence-corrected chi connectivity index (χ3v) is 4.18. The molecule has 0 spiro atoms. The van der Waals surface area contributed by atoms with Gasteiger partial charge in [-0.15, -0.1) is 0 Å². The molecule has 3 heterocycles. The second-order valence-corrected chi connectivity index (χ2v) is 5.26. The van der Waals surface area contributed by atoms with Gasteiger partial charge >= 0.3 is 0 Å². The van der Waals surface area contributed by atoms with E-state index in [9.17, 15) is 0 Å². The summed E-state index contributed by atoms with van der Waals surface area (Å²) in [5, 5.41) is 6.43. The SMILES string of the molecule is c1ccc2c(c1)ccn1cc3c(ccc4cc[nH]c43)c21. The summed E-state index contributed by atoms with van der Waals surface area (Å²) >= 11 is 0. The first-order valence-corrected chi connectivity index (χ1v) is 6.80. The summed E-state index contributed by atoms with van der Waals surface area (Å²) in [7, 11) is 0. The lowest BCUT2D eigenvalue weighted by atomic mass is 10.1. The van der Waals surface area contributed by atoms with E-state index < -0.39 is 0 Å². The van der Waals surface area contributed by atoms with Gasteiger partial charge in [0.15, 0.2) is 0 Å². The lowest BCUT2D eigenvalue weighted by molar-refractivity contribution is 1.22. The summed E-state index contributed by atoms with van der Waals surface area (Å²) in [5.41, 5.74) is 2.50. The number of aromatic amines is 1. The van der Waals surface area contributed by atoms with Crippen molar-refractivity contribution in [1.29, 1.82) is 0 Å². The van der Waals surface area contributed by atoms with E-state index in [1.165, 1.54) is 38.0 Å². The lowest BCUT2D eigenvalue weighted by Gasteiger charge is -2.01. The summed E-state index contributed by atoms with van der Waals surface area (Å²) in [6.07, 6.45) is 6.37. The minimum absolute atomic E-state index is 1.22. The molecule has 3 aromatic heterocycles. The van der Waals surface area contributed by atoms with Crippen LogP contribution in [0.2, 0.25) is 0 Å². The molecule has 1 N–H and O–H groups in total. The van der Waals surface area contributed by atoms with Gasteiger partial charge in [0.2, 0.25) is 0 Å². The Morgan fingerprint density at radius 3 is 2.70 bits per heavy atom. The average Bonchev–Trinajstić information content (AvgIpc) is 3.10. The van der Waals surface area contributed by atoms with Gasteiger partial charge in [-0.25, -0.2) is 0 Å². The zero-order valence-corrected chi connectivity index (χ0v) is 10.8. The minimum atomic E-state index is 1.22. The van der Waals surface area contributed by atoms with E-state index in [1.54, 1.807) is 0 Å².